The number of pyridine rings is 2. The minimum absolute atomic E-state index is 0. The number of benzene rings is 4. The monoisotopic (exact) mass is 881 g/mol. The van der Waals surface area contributed by atoms with Gasteiger partial charge in [-0.2, -0.15) is 0 Å². The molecule has 3 nitrogen and oxygen atoms in total. The number of fused-ring (bicyclic) bond motifs is 3. The van der Waals surface area contributed by atoms with E-state index in [1.165, 1.54) is 53.2 Å². The number of rotatable bonds is 5. The van der Waals surface area contributed by atoms with Crippen LogP contribution < -0.4 is 4.40 Å². The predicted molar refractivity (Wildman–Crippen MR) is 203 cm³/mol. The molecule has 3 aromatic heterocycles. The molecule has 0 spiro atoms. The Morgan fingerprint density at radius 1 is 0.714 bits per heavy atom. The van der Waals surface area contributed by atoms with Crippen molar-refractivity contribution in [2.24, 2.45) is 0 Å². The molecule has 0 bridgehead atoms. The van der Waals surface area contributed by atoms with Gasteiger partial charge in [0.25, 0.3) is 0 Å². The third kappa shape index (κ3) is 7.83. The maximum atomic E-state index is 6.41. The van der Waals surface area contributed by atoms with Crippen molar-refractivity contribution in [3.8, 4) is 33.6 Å². The second-order valence-corrected chi connectivity index (χ2v) is 24.6. The van der Waals surface area contributed by atoms with Crippen molar-refractivity contribution in [2.75, 3.05) is 0 Å². The average molecular weight is 880 g/mol. The number of hydrogen-bond acceptors (Lipinski definition) is 3. The first-order valence-corrected chi connectivity index (χ1v) is 24.5. The second kappa shape index (κ2) is 15.4. The fraction of sp³-hybridized carbons (Fsp3) is 0.227. The molecule has 0 amide bonds. The molecule has 0 saturated heterocycles. The fourth-order valence-electron chi connectivity index (χ4n) is 7.06. The van der Waals surface area contributed by atoms with Gasteiger partial charge < -0.3 is 9.40 Å². The first kappa shape index (κ1) is 35.0. The van der Waals surface area contributed by atoms with E-state index in [-0.39, 0.29) is 20.1 Å². The molecule has 249 valence electrons. The minimum atomic E-state index is -1.77. The first-order valence-electron chi connectivity index (χ1n) is 17.2. The maximum Gasteiger partial charge on any atom is 0.121 e. The molecule has 1 saturated carbocycles. The van der Waals surface area contributed by atoms with Crippen molar-refractivity contribution in [3.63, 3.8) is 0 Å². The van der Waals surface area contributed by atoms with Crippen LogP contribution in [0.1, 0.15) is 49.1 Å². The van der Waals surface area contributed by atoms with Crippen LogP contribution in [0.4, 0.5) is 0 Å². The summed E-state index contributed by atoms with van der Waals surface area (Å²) in [7, 11) is 0. The summed E-state index contributed by atoms with van der Waals surface area (Å²) >= 11 is -1.77. The van der Waals surface area contributed by atoms with Crippen LogP contribution in [0.2, 0.25) is 17.3 Å². The number of aryl methyl sites for hydroxylation is 1. The van der Waals surface area contributed by atoms with Crippen LogP contribution in [0.5, 0.6) is 0 Å². The third-order valence-electron chi connectivity index (χ3n) is 9.56. The van der Waals surface area contributed by atoms with Gasteiger partial charge in [0.1, 0.15) is 5.58 Å². The molecular weight excluding hydrogens is 837 g/mol. The molecular formula is C44H42GeIrN2O-2. The first-order chi connectivity index (χ1) is 23.3. The average Bonchev–Trinajstić information content (AvgIpc) is 3.51. The van der Waals surface area contributed by atoms with E-state index in [2.05, 4.69) is 120 Å². The van der Waals surface area contributed by atoms with Crippen molar-refractivity contribution < 1.29 is 24.5 Å². The van der Waals surface area contributed by atoms with E-state index in [9.17, 15) is 0 Å². The molecule has 0 N–H and O–H groups in total. The summed E-state index contributed by atoms with van der Waals surface area (Å²) in [6.45, 7) is 2.19. The Hall–Kier alpha value is -3.83. The topological polar surface area (TPSA) is 38.9 Å². The predicted octanol–water partition coefficient (Wildman–Crippen LogP) is 11.6. The van der Waals surface area contributed by atoms with Gasteiger partial charge in [-0.1, -0.05) is 84.3 Å². The number of hydrogen-bond donors (Lipinski definition) is 0. The van der Waals surface area contributed by atoms with Gasteiger partial charge >= 0.3 is 106 Å². The molecule has 0 atom stereocenters. The van der Waals surface area contributed by atoms with Crippen LogP contribution >= 0.6 is 0 Å². The van der Waals surface area contributed by atoms with Crippen molar-refractivity contribution >= 4 is 39.6 Å². The SMILES string of the molecule is Cc1cc(-c2[c-]cccc2)nc[c]1[Ge]([CH3])([CH3])[CH3].[Ir].[c-]1ccc2c(oc3cc(-c4ccccc4)ccc32)c1-c1cc(C2CCCCC2)ccn1. The summed E-state index contributed by atoms with van der Waals surface area (Å²) < 4.78 is 7.90. The molecule has 1 aliphatic carbocycles. The zero-order chi connectivity index (χ0) is 33.1. The summed E-state index contributed by atoms with van der Waals surface area (Å²) in [5.74, 6) is 7.86. The Morgan fingerprint density at radius 2 is 1.51 bits per heavy atom. The van der Waals surface area contributed by atoms with Crippen LogP contribution in [-0.2, 0) is 20.1 Å². The van der Waals surface area contributed by atoms with Crippen molar-refractivity contribution in [3.05, 3.63) is 139 Å². The van der Waals surface area contributed by atoms with Gasteiger partial charge in [-0.3, -0.25) is 0 Å². The Labute approximate surface area is 306 Å². The standard InChI is InChI=1S/C29H24NO.C15H18GeN.Ir/c1-3-8-20(9-4-1)22-14-15-24-25-12-7-13-26(29(25)31-28(24)19-22)27-18-23(16-17-30-27)21-10-5-2-6-11-21;1-12-10-15(13-8-6-5-7-9-13)17-11-14(12)16(2,3)4;/h1,3-4,7-9,12,14-19,21H,2,5-6,10-11H2;5-8,10-11H,1-4H3;/q2*-1;. The van der Waals surface area contributed by atoms with Gasteiger partial charge in [0, 0.05) is 31.7 Å². The van der Waals surface area contributed by atoms with E-state index in [0.29, 0.717) is 5.92 Å². The molecule has 5 heteroatoms. The van der Waals surface area contributed by atoms with Crippen LogP contribution in [0.25, 0.3) is 55.6 Å². The summed E-state index contributed by atoms with van der Waals surface area (Å²) in [4.78, 5) is 9.29. The zero-order valence-electron chi connectivity index (χ0n) is 28.7. The molecule has 49 heavy (non-hydrogen) atoms. The van der Waals surface area contributed by atoms with E-state index in [4.69, 9.17) is 9.40 Å². The van der Waals surface area contributed by atoms with Gasteiger partial charge in [-0.05, 0) is 47.7 Å². The minimum Gasteiger partial charge on any atom is -0.501 e. The Balaban J connectivity index is 0.000000198. The van der Waals surface area contributed by atoms with Gasteiger partial charge in [0.05, 0.1) is 5.58 Å². The summed E-state index contributed by atoms with van der Waals surface area (Å²) in [5.41, 5.74) is 10.9. The summed E-state index contributed by atoms with van der Waals surface area (Å²) in [5, 5.41) is 2.25. The molecule has 4 aromatic carbocycles. The maximum absolute atomic E-state index is 6.41. The van der Waals surface area contributed by atoms with Gasteiger partial charge in [-0.25, -0.2) is 0 Å². The van der Waals surface area contributed by atoms with E-state index in [1.54, 1.807) is 0 Å². The molecule has 1 radical (unpaired) electrons. The molecule has 1 fully saturated rings. The fourth-order valence-corrected chi connectivity index (χ4v) is 10.6. The normalized spacial score (nSPS) is 13.5. The van der Waals surface area contributed by atoms with E-state index in [0.717, 1.165) is 50.0 Å². The van der Waals surface area contributed by atoms with Crippen LogP contribution in [0.15, 0.2) is 120 Å². The van der Waals surface area contributed by atoms with Gasteiger partial charge in [0.15, 0.2) is 0 Å². The molecule has 8 rings (SSSR count). The van der Waals surface area contributed by atoms with E-state index >= 15 is 0 Å². The Bertz CT molecular complexity index is 2160. The summed E-state index contributed by atoms with van der Waals surface area (Å²) in [6, 6.07) is 42.3. The number of furan rings is 1. The molecule has 0 aliphatic heterocycles. The van der Waals surface area contributed by atoms with Crippen LogP contribution in [-0.4, -0.2) is 23.2 Å². The number of nitrogens with zero attached hydrogens (tertiary/aromatic N) is 2. The zero-order valence-corrected chi connectivity index (χ0v) is 33.2. The van der Waals surface area contributed by atoms with Crippen molar-refractivity contribution in [1.82, 2.24) is 9.97 Å². The smallest absolute Gasteiger partial charge is 0.121 e. The molecule has 3 heterocycles. The van der Waals surface area contributed by atoms with Crippen LogP contribution in [0, 0.1) is 19.1 Å². The van der Waals surface area contributed by atoms with Crippen molar-refractivity contribution in [1.29, 1.82) is 0 Å². The molecule has 7 aromatic rings. The van der Waals surface area contributed by atoms with E-state index in [1.807, 2.05) is 36.5 Å². The van der Waals surface area contributed by atoms with Crippen LogP contribution in [0.3, 0.4) is 0 Å². The van der Waals surface area contributed by atoms with Gasteiger partial charge in [0.2, 0.25) is 0 Å². The van der Waals surface area contributed by atoms with Gasteiger partial charge in [-0.15, -0.1) is 18.2 Å². The second-order valence-electron chi connectivity index (χ2n) is 14.0. The van der Waals surface area contributed by atoms with Crippen molar-refractivity contribution in [2.45, 2.75) is 62.2 Å². The largest absolute Gasteiger partial charge is 0.501 e. The third-order valence-corrected chi connectivity index (χ3v) is 14.0. The molecule has 1 aliphatic rings. The Kier molecular flexibility index (Phi) is 11.0. The quantitative estimate of drug-likeness (QED) is 0.128. The number of aromatic nitrogens is 2. The molecule has 0 unspecified atom stereocenters. The summed E-state index contributed by atoms with van der Waals surface area (Å²) in [6.07, 6.45) is 10.6. The Morgan fingerprint density at radius 3 is 2.24 bits per heavy atom. The van der Waals surface area contributed by atoms with E-state index < -0.39 is 13.3 Å².